The zero-order chi connectivity index (χ0) is 13.4. The van der Waals surface area contributed by atoms with Gasteiger partial charge in [-0.2, -0.15) is 0 Å². The van der Waals surface area contributed by atoms with Crippen LogP contribution < -0.4 is 0 Å². The van der Waals surface area contributed by atoms with Crippen molar-refractivity contribution in [2.75, 3.05) is 13.1 Å². The van der Waals surface area contributed by atoms with Crippen molar-refractivity contribution in [1.82, 2.24) is 14.9 Å². The molecule has 2 N–H and O–H groups in total. The van der Waals surface area contributed by atoms with Crippen LogP contribution in [-0.4, -0.2) is 56.3 Å². The predicted octanol–water partition coefficient (Wildman–Crippen LogP) is -0.193. The fourth-order valence-corrected chi connectivity index (χ4v) is 2.21. The van der Waals surface area contributed by atoms with Crippen LogP contribution in [0.1, 0.15) is 10.4 Å². The standard InChI is InChI=1S/C13H13N3O3/c17-11-6-16(7-12(11)18)13(19)8-1-2-9-10(5-8)15-4-3-14-9/h1-5,11-12,17-18H,6-7H2/t11-,12+. The fourth-order valence-electron chi connectivity index (χ4n) is 2.21. The molecule has 0 radical (unpaired) electrons. The molecule has 2 aromatic rings. The van der Waals surface area contributed by atoms with Gasteiger partial charge < -0.3 is 15.1 Å². The molecule has 1 fully saturated rings. The summed E-state index contributed by atoms with van der Waals surface area (Å²) in [4.78, 5) is 22.0. The van der Waals surface area contributed by atoms with Gasteiger partial charge in [0.1, 0.15) is 0 Å². The van der Waals surface area contributed by atoms with Gasteiger partial charge in [-0.05, 0) is 18.2 Å². The van der Waals surface area contributed by atoms with Crippen molar-refractivity contribution in [1.29, 1.82) is 0 Å². The summed E-state index contributed by atoms with van der Waals surface area (Å²) >= 11 is 0. The van der Waals surface area contributed by atoms with Crippen molar-refractivity contribution in [2.45, 2.75) is 12.2 Å². The first-order valence-corrected chi connectivity index (χ1v) is 6.01. The van der Waals surface area contributed by atoms with E-state index < -0.39 is 12.2 Å². The summed E-state index contributed by atoms with van der Waals surface area (Å²) in [5.74, 6) is -0.219. The van der Waals surface area contributed by atoms with Gasteiger partial charge in [0, 0.05) is 31.0 Å². The molecule has 3 rings (SSSR count). The second-order valence-corrected chi connectivity index (χ2v) is 4.60. The molecule has 1 aromatic heterocycles. The Hall–Kier alpha value is -2.05. The van der Waals surface area contributed by atoms with Gasteiger partial charge >= 0.3 is 0 Å². The number of aliphatic hydroxyl groups is 2. The molecule has 1 saturated heterocycles. The minimum atomic E-state index is -0.871. The highest BCUT2D eigenvalue weighted by Gasteiger charge is 2.32. The Balaban J connectivity index is 1.90. The number of carbonyl (C=O) groups is 1. The van der Waals surface area contributed by atoms with E-state index in [4.69, 9.17) is 0 Å². The van der Waals surface area contributed by atoms with E-state index in [-0.39, 0.29) is 19.0 Å². The Morgan fingerprint density at radius 3 is 2.42 bits per heavy atom. The summed E-state index contributed by atoms with van der Waals surface area (Å²) in [5.41, 5.74) is 1.85. The number of nitrogens with zero attached hydrogens (tertiary/aromatic N) is 3. The van der Waals surface area contributed by atoms with Crippen molar-refractivity contribution in [3.8, 4) is 0 Å². The van der Waals surface area contributed by atoms with Gasteiger partial charge in [0.15, 0.2) is 0 Å². The molecule has 0 unspecified atom stereocenters. The molecule has 6 nitrogen and oxygen atoms in total. The summed E-state index contributed by atoms with van der Waals surface area (Å²) in [6.45, 7) is 0.303. The number of amides is 1. The van der Waals surface area contributed by atoms with Crippen molar-refractivity contribution in [3.63, 3.8) is 0 Å². The molecule has 19 heavy (non-hydrogen) atoms. The van der Waals surface area contributed by atoms with Gasteiger partial charge in [-0.15, -0.1) is 0 Å². The third-order valence-corrected chi connectivity index (χ3v) is 3.26. The highest BCUT2D eigenvalue weighted by atomic mass is 16.3. The number of β-amino-alcohol motifs (C(OH)–C–C–N with tert-alkyl or cyclic N) is 2. The van der Waals surface area contributed by atoms with Gasteiger partial charge in [-0.3, -0.25) is 14.8 Å². The highest BCUT2D eigenvalue weighted by molar-refractivity contribution is 5.97. The predicted molar refractivity (Wildman–Crippen MR) is 67.5 cm³/mol. The summed E-state index contributed by atoms with van der Waals surface area (Å²) in [7, 11) is 0. The van der Waals surface area contributed by atoms with Crippen LogP contribution in [0.4, 0.5) is 0 Å². The lowest BCUT2D eigenvalue weighted by Gasteiger charge is -2.15. The first kappa shape index (κ1) is 12.0. The monoisotopic (exact) mass is 259 g/mol. The minimum Gasteiger partial charge on any atom is -0.388 e. The number of carbonyl (C=O) groups excluding carboxylic acids is 1. The lowest BCUT2D eigenvalue weighted by atomic mass is 10.1. The summed E-state index contributed by atoms with van der Waals surface area (Å²) in [6.07, 6.45) is 1.42. The first-order valence-electron chi connectivity index (χ1n) is 6.01. The number of aliphatic hydroxyl groups excluding tert-OH is 2. The summed E-state index contributed by atoms with van der Waals surface area (Å²) < 4.78 is 0. The minimum absolute atomic E-state index is 0.151. The van der Waals surface area contributed by atoms with Crippen LogP contribution >= 0.6 is 0 Å². The maximum absolute atomic E-state index is 12.2. The number of hydrogen-bond acceptors (Lipinski definition) is 5. The van der Waals surface area contributed by atoms with Gasteiger partial charge in [-0.1, -0.05) is 0 Å². The van der Waals surface area contributed by atoms with E-state index in [9.17, 15) is 15.0 Å². The Labute approximate surface area is 109 Å². The molecule has 2 atom stereocenters. The molecule has 1 aliphatic rings. The van der Waals surface area contributed by atoms with E-state index in [1.807, 2.05) is 0 Å². The summed E-state index contributed by atoms with van der Waals surface area (Å²) in [5, 5.41) is 18.9. The quantitative estimate of drug-likeness (QED) is 0.741. The maximum Gasteiger partial charge on any atom is 0.254 e. The molecule has 0 spiro atoms. The molecule has 0 bridgehead atoms. The number of fused-ring (bicyclic) bond motifs is 1. The molecule has 1 aromatic carbocycles. The molecular formula is C13H13N3O3. The Kier molecular flexibility index (Phi) is 2.88. The average molecular weight is 259 g/mol. The molecule has 0 aliphatic carbocycles. The van der Waals surface area contributed by atoms with E-state index in [0.29, 0.717) is 11.1 Å². The largest absolute Gasteiger partial charge is 0.388 e. The zero-order valence-electron chi connectivity index (χ0n) is 10.1. The number of benzene rings is 1. The van der Waals surface area contributed by atoms with Crippen LogP contribution in [0.2, 0.25) is 0 Å². The van der Waals surface area contributed by atoms with E-state index >= 15 is 0 Å². The molecule has 0 saturated carbocycles. The van der Waals surface area contributed by atoms with Crippen LogP contribution in [-0.2, 0) is 0 Å². The lowest BCUT2D eigenvalue weighted by Crippen LogP contribution is -2.29. The summed E-state index contributed by atoms with van der Waals surface area (Å²) in [6, 6.07) is 5.08. The highest BCUT2D eigenvalue weighted by Crippen LogP contribution is 2.17. The molecule has 2 heterocycles. The third-order valence-electron chi connectivity index (χ3n) is 3.26. The van der Waals surface area contributed by atoms with Gasteiger partial charge in [0.05, 0.1) is 23.2 Å². The number of aromatic nitrogens is 2. The lowest BCUT2D eigenvalue weighted by molar-refractivity contribution is 0.0572. The topological polar surface area (TPSA) is 86.6 Å². The van der Waals surface area contributed by atoms with E-state index in [2.05, 4.69) is 9.97 Å². The number of rotatable bonds is 1. The second kappa shape index (κ2) is 4.56. The second-order valence-electron chi connectivity index (χ2n) is 4.60. The average Bonchev–Trinajstić information content (AvgIpc) is 2.77. The van der Waals surface area contributed by atoms with Crippen LogP contribution in [0.25, 0.3) is 11.0 Å². The smallest absolute Gasteiger partial charge is 0.254 e. The fraction of sp³-hybridized carbons (Fsp3) is 0.308. The molecule has 1 amide bonds. The van der Waals surface area contributed by atoms with Crippen molar-refractivity contribution >= 4 is 16.9 Å². The Morgan fingerprint density at radius 2 is 1.74 bits per heavy atom. The molecule has 6 heteroatoms. The zero-order valence-corrected chi connectivity index (χ0v) is 10.1. The Morgan fingerprint density at radius 1 is 1.11 bits per heavy atom. The van der Waals surface area contributed by atoms with Gasteiger partial charge in [-0.25, -0.2) is 0 Å². The Bertz CT molecular complexity index is 621. The van der Waals surface area contributed by atoms with E-state index in [1.165, 1.54) is 4.90 Å². The van der Waals surface area contributed by atoms with Crippen molar-refractivity contribution in [2.24, 2.45) is 0 Å². The van der Waals surface area contributed by atoms with Crippen LogP contribution in [0.5, 0.6) is 0 Å². The van der Waals surface area contributed by atoms with Crippen molar-refractivity contribution in [3.05, 3.63) is 36.2 Å². The normalized spacial score (nSPS) is 22.9. The van der Waals surface area contributed by atoms with E-state index in [0.717, 1.165) is 5.52 Å². The number of likely N-dealkylation sites (tertiary alicyclic amines) is 1. The van der Waals surface area contributed by atoms with Crippen LogP contribution in [0, 0.1) is 0 Å². The van der Waals surface area contributed by atoms with Gasteiger partial charge in [0.25, 0.3) is 5.91 Å². The number of hydrogen-bond donors (Lipinski definition) is 2. The first-order chi connectivity index (χ1) is 9.15. The van der Waals surface area contributed by atoms with E-state index in [1.54, 1.807) is 30.6 Å². The third kappa shape index (κ3) is 2.16. The van der Waals surface area contributed by atoms with Crippen LogP contribution in [0.3, 0.4) is 0 Å². The molecule has 98 valence electrons. The van der Waals surface area contributed by atoms with Crippen LogP contribution in [0.15, 0.2) is 30.6 Å². The molecular weight excluding hydrogens is 246 g/mol. The molecule has 1 aliphatic heterocycles. The van der Waals surface area contributed by atoms with Gasteiger partial charge in [0.2, 0.25) is 0 Å². The van der Waals surface area contributed by atoms with Crippen molar-refractivity contribution < 1.29 is 15.0 Å². The SMILES string of the molecule is O=C(c1ccc2nccnc2c1)N1C[C@@H](O)[C@@H](O)C1. The maximum atomic E-state index is 12.2.